The molecule has 0 aromatic heterocycles. The fourth-order valence-corrected chi connectivity index (χ4v) is 2.36. The standard InChI is InChI=1S/C15H22N2O2/c1-3-19-14-7-5-4-6-12(14)15(18)17-13-10-16-9-8-11(13)2/h4-7,11,13,16H,3,8-10H2,1-2H3,(H,17,18). The summed E-state index contributed by atoms with van der Waals surface area (Å²) in [6.45, 7) is 6.53. The molecule has 2 rings (SSSR count). The van der Waals surface area contributed by atoms with E-state index in [1.165, 1.54) is 0 Å². The Kier molecular flexibility index (Phi) is 4.80. The van der Waals surface area contributed by atoms with E-state index in [-0.39, 0.29) is 11.9 Å². The summed E-state index contributed by atoms with van der Waals surface area (Å²) in [4.78, 5) is 12.3. The molecule has 1 heterocycles. The highest BCUT2D eigenvalue weighted by Crippen LogP contribution is 2.19. The van der Waals surface area contributed by atoms with Crippen LogP contribution in [0.5, 0.6) is 5.75 Å². The van der Waals surface area contributed by atoms with Gasteiger partial charge in [0.2, 0.25) is 0 Å². The first-order valence-electron chi connectivity index (χ1n) is 6.95. The van der Waals surface area contributed by atoms with Gasteiger partial charge in [0.25, 0.3) is 5.91 Å². The topological polar surface area (TPSA) is 50.4 Å². The Balaban J connectivity index is 2.06. The predicted octanol–water partition coefficient (Wildman–Crippen LogP) is 1.81. The first-order valence-corrected chi connectivity index (χ1v) is 6.95. The molecule has 4 heteroatoms. The summed E-state index contributed by atoms with van der Waals surface area (Å²) in [6.07, 6.45) is 1.10. The van der Waals surface area contributed by atoms with Crippen molar-refractivity contribution in [3.63, 3.8) is 0 Å². The number of piperidine rings is 1. The van der Waals surface area contributed by atoms with E-state index in [1.54, 1.807) is 6.07 Å². The molecular weight excluding hydrogens is 240 g/mol. The van der Waals surface area contributed by atoms with Crippen LogP contribution in [0.25, 0.3) is 0 Å². The lowest BCUT2D eigenvalue weighted by molar-refractivity contribution is 0.0911. The van der Waals surface area contributed by atoms with Crippen molar-refractivity contribution in [3.05, 3.63) is 29.8 Å². The molecule has 0 radical (unpaired) electrons. The van der Waals surface area contributed by atoms with E-state index in [2.05, 4.69) is 17.6 Å². The fraction of sp³-hybridized carbons (Fsp3) is 0.533. The van der Waals surface area contributed by atoms with Crippen molar-refractivity contribution in [2.75, 3.05) is 19.7 Å². The van der Waals surface area contributed by atoms with Gasteiger partial charge >= 0.3 is 0 Å². The van der Waals surface area contributed by atoms with E-state index in [0.29, 0.717) is 23.8 Å². The largest absolute Gasteiger partial charge is 0.493 e. The number of benzene rings is 1. The lowest BCUT2D eigenvalue weighted by Gasteiger charge is -2.30. The van der Waals surface area contributed by atoms with E-state index < -0.39 is 0 Å². The zero-order chi connectivity index (χ0) is 13.7. The number of ether oxygens (including phenoxy) is 1. The molecule has 2 N–H and O–H groups in total. The van der Waals surface area contributed by atoms with E-state index in [0.717, 1.165) is 19.5 Å². The molecule has 0 saturated carbocycles. The van der Waals surface area contributed by atoms with Crippen LogP contribution in [0.4, 0.5) is 0 Å². The van der Waals surface area contributed by atoms with Gasteiger partial charge < -0.3 is 15.4 Å². The van der Waals surface area contributed by atoms with Crippen LogP contribution in [-0.2, 0) is 0 Å². The van der Waals surface area contributed by atoms with Gasteiger partial charge in [-0.3, -0.25) is 4.79 Å². The molecule has 1 saturated heterocycles. The summed E-state index contributed by atoms with van der Waals surface area (Å²) in [5.74, 6) is 1.10. The third-order valence-corrected chi connectivity index (χ3v) is 3.58. The maximum absolute atomic E-state index is 12.3. The van der Waals surface area contributed by atoms with Crippen molar-refractivity contribution in [2.24, 2.45) is 5.92 Å². The molecule has 1 amide bonds. The molecule has 1 aliphatic rings. The van der Waals surface area contributed by atoms with Crippen LogP contribution in [0.3, 0.4) is 0 Å². The van der Waals surface area contributed by atoms with Gasteiger partial charge in [-0.1, -0.05) is 19.1 Å². The summed E-state index contributed by atoms with van der Waals surface area (Å²) in [6, 6.07) is 7.57. The van der Waals surface area contributed by atoms with Gasteiger partial charge in [0.15, 0.2) is 0 Å². The molecule has 1 aliphatic heterocycles. The van der Waals surface area contributed by atoms with Gasteiger partial charge in [0.05, 0.1) is 12.2 Å². The smallest absolute Gasteiger partial charge is 0.255 e. The number of amides is 1. The van der Waals surface area contributed by atoms with Crippen LogP contribution in [0.1, 0.15) is 30.6 Å². The van der Waals surface area contributed by atoms with E-state index in [9.17, 15) is 4.79 Å². The number of carbonyl (C=O) groups is 1. The SMILES string of the molecule is CCOc1ccccc1C(=O)NC1CNCCC1C. The number of para-hydroxylation sites is 1. The van der Waals surface area contributed by atoms with Crippen LogP contribution in [0.2, 0.25) is 0 Å². The Labute approximate surface area is 114 Å². The molecule has 1 fully saturated rings. The van der Waals surface area contributed by atoms with Crippen molar-refractivity contribution in [1.82, 2.24) is 10.6 Å². The Morgan fingerprint density at radius 2 is 2.26 bits per heavy atom. The maximum Gasteiger partial charge on any atom is 0.255 e. The van der Waals surface area contributed by atoms with Crippen molar-refractivity contribution in [3.8, 4) is 5.75 Å². The number of carbonyl (C=O) groups excluding carboxylic acids is 1. The fourth-order valence-electron chi connectivity index (χ4n) is 2.36. The number of hydrogen-bond donors (Lipinski definition) is 2. The summed E-state index contributed by atoms with van der Waals surface area (Å²) < 4.78 is 5.50. The number of hydrogen-bond acceptors (Lipinski definition) is 3. The second-order valence-corrected chi connectivity index (χ2v) is 4.98. The van der Waals surface area contributed by atoms with Crippen molar-refractivity contribution < 1.29 is 9.53 Å². The van der Waals surface area contributed by atoms with E-state index in [1.807, 2.05) is 25.1 Å². The van der Waals surface area contributed by atoms with E-state index in [4.69, 9.17) is 4.74 Å². The predicted molar refractivity (Wildman–Crippen MR) is 75.5 cm³/mol. The lowest BCUT2D eigenvalue weighted by atomic mass is 9.94. The first-order chi connectivity index (χ1) is 9.22. The van der Waals surface area contributed by atoms with Crippen molar-refractivity contribution in [1.29, 1.82) is 0 Å². The second kappa shape index (κ2) is 6.57. The molecule has 0 aliphatic carbocycles. The molecule has 4 nitrogen and oxygen atoms in total. The van der Waals surface area contributed by atoms with Gasteiger partial charge in [-0.25, -0.2) is 0 Å². The van der Waals surface area contributed by atoms with Crippen LogP contribution < -0.4 is 15.4 Å². The van der Waals surface area contributed by atoms with Crippen LogP contribution in [0, 0.1) is 5.92 Å². The third kappa shape index (κ3) is 3.47. The monoisotopic (exact) mass is 262 g/mol. The summed E-state index contributed by atoms with van der Waals surface area (Å²) in [5, 5.41) is 6.42. The highest BCUT2D eigenvalue weighted by atomic mass is 16.5. The minimum atomic E-state index is -0.0513. The molecule has 1 aromatic carbocycles. The summed E-state index contributed by atoms with van der Waals surface area (Å²) in [5.41, 5.74) is 0.613. The third-order valence-electron chi connectivity index (χ3n) is 3.58. The lowest BCUT2D eigenvalue weighted by Crippen LogP contribution is -2.50. The average molecular weight is 262 g/mol. The average Bonchev–Trinajstić information content (AvgIpc) is 2.42. The van der Waals surface area contributed by atoms with Gasteiger partial charge in [-0.05, 0) is 37.9 Å². The summed E-state index contributed by atoms with van der Waals surface area (Å²) >= 11 is 0. The Hall–Kier alpha value is -1.55. The normalized spacial score (nSPS) is 22.8. The zero-order valence-corrected chi connectivity index (χ0v) is 11.6. The summed E-state index contributed by atoms with van der Waals surface area (Å²) in [7, 11) is 0. The van der Waals surface area contributed by atoms with Crippen molar-refractivity contribution in [2.45, 2.75) is 26.3 Å². The highest BCUT2D eigenvalue weighted by molar-refractivity contribution is 5.97. The Morgan fingerprint density at radius 1 is 1.47 bits per heavy atom. The van der Waals surface area contributed by atoms with Gasteiger partial charge in [0.1, 0.15) is 5.75 Å². The van der Waals surface area contributed by atoms with E-state index >= 15 is 0 Å². The maximum atomic E-state index is 12.3. The molecule has 1 aromatic rings. The van der Waals surface area contributed by atoms with Crippen LogP contribution in [0.15, 0.2) is 24.3 Å². The van der Waals surface area contributed by atoms with Gasteiger partial charge in [-0.2, -0.15) is 0 Å². The second-order valence-electron chi connectivity index (χ2n) is 4.98. The van der Waals surface area contributed by atoms with Crippen LogP contribution >= 0.6 is 0 Å². The van der Waals surface area contributed by atoms with Crippen LogP contribution in [-0.4, -0.2) is 31.6 Å². The van der Waals surface area contributed by atoms with Gasteiger partial charge in [-0.15, -0.1) is 0 Å². The molecule has 0 bridgehead atoms. The molecule has 0 spiro atoms. The molecular formula is C15H22N2O2. The first kappa shape index (κ1) is 13.9. The van der Waals surface area contributed by atoms with Gasteiger partial charge in [0, 0.05) is 12.6 Å². The Bertz CT molecular complexity index is 434. The molecule has 2 unspecified atom stereocenters. The molecule has 19 heavy (non-hydrogen) atoms. The Morgan fingerprint density at radius 3 is 3.00 bits per heavy atom. The quantitative estimate of drug-likeness (QED) is 0.870. The zero-order valence-electron chi connectivity index (χ0n) is 11.6. The number of nitrogens with one attached hydrogen (secondary N) is 2. The minimum absolute atomic E-state index is 0.0513. The minimum Gasteiger partial charge on any atom is -0.493 e. The molecule has 104 valence electrons. The van der Waals surface area contributed by atoms with Crippen molar-refractivity contribution >= 4 is 5.91 Å². The molecule has 2 atom stereocenters. The number of rotatable bonds is 4. The highest BCUT2D eigenvalue weighted by Gasteiger charge is 2.24.